The van der Waals surface area contributed by atoms with E-state index in [0.29, 0.717) is 6.04 Å². The normalized spacial score (nSPS) is 16.8. The van der Waals surface area contributed by atoms with Crippen LogP contribution in [0.15, 0.2) is 24.3 Å². The van der Waals surface area contributed by atoms with E-state index in [9.17, 15) is 4.39 Å². The van der Waals surface area contributed by atoms with Crippen molar-refractivity contribution in [3.63, 3.8) is 0 Å². The smallest absolute Gasteiger partial charge is 0.123 e. The van der Waals surface area contributed by atoms with E-state index in [1.807, 2.05) is 6.07 Å². The van der Waals surface area contributed by atoms with Crippen LogP contribution in [0.3, 0.4) is 0 Å². The van der Waals surface area contributed by atoms with Gasteiger partial charge in [-0.15, -0.1) is 0 Å². The van der Waals surface area contributed by atoms with Gasteiger partial charge >= 0.3 is 0 Å². The Morgan fingerprint density at radius 1 is 1.39 bits per heavy atom. The molecule has 1 nitrogen and oxygen atoms in total. The molecule has 1 N–H and O–H groups in total. The predicted octanol–water partition coefficient (Wildman–Crippen LogP) is 3.93. The highest BCUT2D eigenvalue weighted by molar-refractivity contribution is 5.16. The van der Waals surface area contributed by atoms with Crippen LogP contribution in [0.4, 0.5) is 4.39 Å². The van der Waals surface area contributed by atoms with Gasteiger partial charge in [-0.2, -0.15) is 0 Å². The molecule has 1 saturated carbocycles. The molecule has 0 heterocycles. The molecule has 2 rings (SSSR count). The second kappa shape index (κ2) is 6.89. The van der Waals surface area contributed by atoms with Crippen molar-refractivity contribution in [3.8, 4) is 0 Å². The molecule has 1 aromatic rings. The Hall–Kier alpha value is -0.890. The molecular formula is C16H24FN. The second-order valence-electron chi connectivity index (χ2n) is 5.42. The summed E-state index contributed by atoms with van der Waals surface area (Å²) in [6, 6.07) is 7.69. The molecule has 0 radical (unpaired) electrons. The van der Waals surface area contributed by atoms with Crippen LogP contribution in [0, 0.1) is 11.7 Å². The Morgan fingerprint density at radius 3 is 2.89 bits per heavy atom. The topological polar surface area (TPSA) is 12.0 Å². The van der Waals surface area contributed by atoms with Gasteiger partial charge in [0.25, 0.3) is 0 Å². The molecule has 0 spiro atoms. The summed E-state index contributed by atoms with van der Waals surface area (Å²) in [6.45, 7) is 3.34. The summed E-state index contributed by atoms with van der Waals surface area (Å²) in [6.07, 6.45) is 7.35. The third kappa shape index (κ3) is 4.41. The molecule has 100 valence electrons. The van der Waals surface area contributed by atoms with Gasteiger partial charge in [-0.25, -0.2) is 4.39 Å². The van der Waals surface area contributed by atoms with Gasteiger partial charge in [-0.05, 0) is 68.7 Å². The van der Waals surface area contributed by atoms with Crippen LogP contribution in [-0.2, 0) is 6.42 Å². The molecule has 0 aromatic heterocycles. The van der Waals surface area contributed by atoms with Crippen molar-refractivity contribution in [2.24, 2.45) is 5.92 Å². The van der Waals surface area contributed by atoms with Crippen LogP contribution < -0.4 is 5.32 Å². The predicted molar refractivity (Wildman–Crippen MR) is 74.1 cm³/mol. The SMILES string of the molecule is CCCNC(CCCc1cccc(F)c1)C1CC1. The third-order valence-electron chi connectivity index (χ3n) is 3.72. The second-order valence-corrected chi connectivity index (χ2v) is 5.42. The highest BCUT2D eigenvalue weighted by Gasteiger charge is 2.29. The summed E-state index contributed by atoms with van der Waals surface area (Å²) in [4.78, 5) is 0. The summed E-state index contributed by atoms with van der Waals surface area (Å²) in [7, 11) is 0. The van der Waals surface area contributed by atoms with Gasteiger partial charge in [0.05, 0.1) is 0 Å². The van der Waals surface area contributed by atoms with E-state index in [-0.39, 0.29) is 5.82 Å². The van der Waals surface area contributed by atoms with Crippen molar-refractivity contribution < 1.29 is 4.39 Å². The molecule has 1 aromatic carbocycles. The Kier molecular flexibility index (Phi) is 5.18. The monoisotopic (exact) mass is 249 g/mol. The van der Waals surface area contributed by atoms with Crippen molar-refractivity contribution in [3.05, 3.63) is 35.6 Å². The first kappa shape index (κ1) is 13.5. The van der Waals surface area contributed by atoms with Gasteiger partial charge in [0.15, 0.2) is 0 Å². The lowest BCUT2D eigenvalue weighted by Crippen LogP contribution is -2.31. The van der Waals surface area contributed by atoms with Gasteiger partial charge < -0.3 is 5.32 Å². The van der Waals surface area contributed by atoms with E-state index < -0.39 is 0 Å². The number of aryl methyl sites for hydroxylation is 1. The van der Waals surface area contributed by atoms with Crippen LogP contribution in [0.25, 0.3) is 0 Å². The van der Waals surface area contributed by atoms with Gasteiger partial charge in [0.2, 0.25) is 0 Å². The van der Waals surface area contributed by atoms with Crippen LogP contribution in [-0.4, -0.2) is 12.6 Å². The molecule has 18 heavy (non-hydrogen) atoms. The molecule has 1 aliphatic rings. The number of halogens is 1. The first-order valence-electron chi connectivity index (χ1n) is 7.27. The minimum atomic E-state index is -0.115. The van der Waals surface area contributed by atoms with Crippen molar-refractivity contribution in [1.82, 2.24) is 5.32 Å². The molecule has 2 heteroatoms. The van der Waals surface area contributed by atoms with Crippen molar-refractivity contribution in [1.29, 1.82) is 0 Å². The van der Waals surface area contributed by atoms with E-state index in [1.54, 1.807) is 12.1 Å². The molecule has 1 atom stereocenters. The fraction of sp³-hybridized carbons (Fsp3) is 0.625. The highest BCUT2D eigenvalue weighted by Crippen LogP contribution is 2.34. The average Bonchev–Trinajstić information content (AvgIpc) is 3.18. The number of hydrogen-bond donors (Lipinski definition) is 1. The zero-order valence-electron chi connectivity index (χ0n) is 11.3. The zero-order valence-corrected chi connectivity index (χ0v) is 11.3. The number of benzene rings is 1. The summed E-state index contributed by atoms with van der Waals surface area (Å²) in [5.41, 5.74) is 1.13. The van der Waals surface area contributed by atoms with Gasteiger partial charge in [0, 0.05) is 6.04 Å². The Labute approximate surface area is 110 Å². The van der Waals surface area contributed by atoms with Crippen LogP contribution in [0.2, 0.25) is 0 Å². The van der Waals surface area contributed by atoms with Crippen LogP contribution in [0.1, 0.15) is 44.6 Å². The first-order valence-corrected chi connectivity index (χ1v) is 7.27. The number of rotatable bonds is 8. The van der Waals surface area contributed by atoms with Crippen LogP contribution >= 0.6 is 0 Å². The van der Waals surface area contributed by atoms with Crippen molar-refractivity contribution in [2.45, 2.75) is 51.5 Å². The van der Waals surface area contributed by atoms with Gasteiger partial charge in [-0.1, -0.05) is 19.1 Å². The first-order chi connectivity index (χ1) is 8.79. The van der Waals surface area contributed by atoms with Crippen molar-refractivity contribution in [2.75, 3.05) is 6.54 Å². The lowest BCUT2D eigenvalue weighted by Gasteiger charge is -2.17. The molecular weight excluding hydrogens is 225 g/mol. The molecule has 0 amide bonds. The maximum absolute atomic E-state index is 13.0. The van der Waals surface area contributed by atoms with E-state index in [2.05, 4.69) is 12.2 Å². The molecule has 0 aliphatic heterocycles. The summed E-state index contributed by atoms with van der Waals surface area (Å²) >= 11 is 0. The molecule has 0 bridgehead atoms. The maximum atomic E-state index is 13.0. The zero-order chi connectivity index (χ0) is 12.8. The van der Waals surface area contributed by atoms with Gasteiger partial charge in [-0.3, -0.25) is 0 Å². The Balaban J connectivity index is 1.72. The van der Waals surface area contributed by atoms with E-state index >= 15 is 0 Å². The van der Waals surface area contributed by atoms with E-state index in [4.69, 9.17) is 0 Å². The fourth-order valence-electron chi connectivity index (χ4n) is 2.55. The van der Waals surface area contributed by atoms with E-state index in [1.165, 1.54) is 31.7 Å². The van der Waals surface area contributed by atoms with Crippen molar-refractivity contribution >= 4 is 0 Å². The quantitative estimate of drug-likeness (QED) is 0.736. The van der Waals surface area contributed by atoms with Gasteiger partial charge in [0.1, 0.15) is 5.82 Å². The summed E-state index contributed by atoms with van der Waals surface area (Å²) < 4.78 is 13.0. The molecule has 0 saturated heterocycles. The molecule has 1 unspecified atom stereocenters. The fourth-order valence-corrected chi connectivity index (χ4v) is 2.55. The van der Waals surface area contributed by atoms with E-state index in [0.717, 1.165) is 30.9 Å². The Bertz CT molecular complexity index is 360. The molecule has 1 aliphatic carbocycles. The number of nitrogens with one attached hydrogen (secondary N) is 1. The molecule has 1 fully saturated rings. The van der Waals surface area contributed by atoms with Crippen LogP contribution in [0.5, 0.6) is 0 Å². The summed E-state index contributed by atoms with van der Waals surface area (Å²) in [5.74, 6) is 0.791. The third-order valence-corrected chi connectivity index (χ3v) is 3.72. The lowest BCUT2D eigenvalue weighted by molar-refractivity contribution is 0.425. The number of hydrogen-bond acceptors (Lipinski definition) is 1. The minimum Gasteiger partial charge on any atom is -0.314 e. The Morgan fingerprint density at radius 2 is 2.22 bits per heavy atom. The standard InChI is InChI=1S/C16H24FN/c1-2-11-18-16(14-9-10-14)8-4-6-13-5-3-7-15(17)12-13/h3,5,7,12,14,16,18H,2,4,6,8-11H2,1H3. The maximum Gasteiger partial charge on any atom is 0.123 e. The highest BCUT2D eigenvalue weighted by atomic mass is 19.1. The summed E-state index contributed by atoms with van der Waals surface area (Å²) in [5, 5.41) is 3.65. The largest absolute Gasteiger partial charge is 0.314 e. The average molecular weight is 249 g/mol. The lowest BCUT2D eigenvalue weighted by atomic mass is 10.0. The minimum absolute atomic E-state index is 0.115.